The summed E-state index contributed by atoms with van der Waals surface area (Å²) in [4.78, 5) is 38.2. The van der Waals surface area contributed by atoms with Gasteiger partial charge in [-0.15, -0.1) is 0 Å². The smallest absolute Gasteiger partial charge is 0.306 e. The topological polar surface area (TPSA) is 78.9 Å². The molecule has 6 nitrogen and oxygen atoms in total. The molecule has 0 aromatic rings. The van der Waals surface area contributed by atoms with Crippen LogP contribution < -0.4 is 0 Å². The van der Waals surface area contributed by atoms with Crippen molar-refractivity contribution < 1.29 is 28.6 Å². The van der Waals surface area contributed by atoms with Crippen molar-refractivity contribution in [3.8, 4) is 0 Å². The molecule has 0 aliphatic rings. The lowest BCUT2D eigenvalue weighted by Crippen LogP contribution is -2.30. The Hall–Kier alpha value is -3.41. The molecular weight excluding hydrogens is 889 g/mol. The molecule has 6 heteroatoms. The van der Waals surface area contributed by atoms with Crippen molar-refractivity contribution in [2.75, 3.05) is 13.2 Å². The Bertz CT molecular complexity index is 1380. The van der Waals surface area contributed by atoms with Gasteiger partial charge in [0.15, 0.2) is 6.10 Å². The number of hydrogen-bond donors (Lipinski definition) is 0. The molecule has 0 aliphatic heterocycles. The first-order valence-electron chi connectivity index (χ1n) is 30.6. The summed E-state index contributed by atoms with van der Waals surface area (Å²) >= 11 is 0. The maximum atomic E-state index is 12.9. The Morgan fingerprint density at radius 2 is 0.542 bits per heavy atom. The van der Waals surface area contributed by atoms with Gasteiger partial charge in [-0.3, -0.25) is 14.4 Å². The summed E-state index contributed by atoms with van der Waals surface area (Å²) < 4.78 is 16.9. The normalized spacial score (nSPS) is 12.7. The van der Waals surface area contributed by atoms with Gasteiger partial charge in [-0.05, 0) is 89.9 Å². The first kappa shape index (κ1) is 68.6. The fraction of sp³-hybridized carbons (Fsp3) is 0.742. The van der Waals surface area contributed by atoms with Crippen LogP contribution in [0.4, 0.5) is 0 Å². The van der Waals surface area contributed by atoms with Gasteiger partial charge in [0.05, 0.1) is 0 Å². The second kappa shape index (κ2) is 60.1. The monoisotopic (exact) mass is 1000 g/mol. The lowest BCUT2D eigenvalue weighted by atomic mass is 10.0. The molecule has 0 radical (unpaired) electrons. The maximum Gasteiger partial charge on any atom is 0.306 e. The van der Waals surface area contributed by atoms with Crippen molar-refractivity contribution in [2.24, 2.45) is 0 Å². The number of ether oxygens (including phenoxy) is 3. The minimum Gasteiger partial charge on any atom is -0.462 e. The number of unbranched alkanes of at least 4 members (excludes halogenated alkanes) is 30. The minimum absolute atomic E-state index is 0.0859. The number of esters is 3. The summed E-state index contributed by atoms with van der Waals surface area (Å²) in [6.45, 7) is 6.42. The van der Waals surface area contributed by atoms with Gasteiger partial charge in [-0.1, -0.05) is 273 Å². The summed E-state index contributed by atoms with van der Waals surface area (Å²) in [6, 6.07) is 0. The summed E-state index contributed by atoms with van der Waals surface area (Å²) in [5, 5.41) is 0. The second-order valence-corrected chi connectivity index (χ2v) is 20.2. The fourth-order valence-corrected chi connectivity index (χ4v) is 8.63. The predicted octanol–water partition coefficient (Wildman–Crippen LogP) is 20.7. The predicted molar refractivity (Wildman–Crippen MR) is 311 cm³/mol. The van der Waals surface area contributed by atoms with Crippen molar-refractivity contribution in [3.63, 3.8) is 0 Å². The van der Waals surface area contributed by atoms with Gasteiger partial charge < -0.3 is 14.2 Å². The van der Waals surface area contributed by atoms with Crippen LogP contribution in [0.2, 0.25) is 0 Å². The van der Waals surface area contributed by atoms with Crippen molar-refractivity contribution in [2.45, 2.75) is 303 Å². The van der Waals surface area contributed by atoms with E-state index in [-0.39, 0.29) is 31.1 Å². The number of rotatable bonds is 55. The number of carbonyl (C=O) groups is 3. The molecule has 72 heavy (non-hydrogen) atoms. The second-order valence-electron chi connectivity index (χ2n) is 20.2. The van der Waals surface area contributed by atoms with Crippen LogP contribution in [0.15, 0.2) is 85.1 Å². The zero-order valence-electron chi connectivity index (χ0n) is 47.4. The molecule has 0 rings (SSSR count). The molecular formula is C66H114O6. The Kier molecular flexibility index (Phi) is 57.3. The molecule has 0 N–H and O–H groups in total. The molecule has 0 heterocycles. The third kappa shape index (κ3) is 57.5. The number of carbonyl (C=O) groups excluding carboxylic acids is 3. The molecule has 0 aliphatic carbocycles. The molecule has 0 saturated heterocycles. The third-order valence-electron chi connectivity index (χ3n) is 13.1. The van der Waals surface area contributed by atoms with Gasteiger partial charge in [-0.2, -0.15) is 0 Å². The van der Waals surface area contributed by atoms with E-state index in [0.717, 1.165) is 109 Å². The van der Waals surface area contributed by atoms with E-state index in [4.69, 9.17) is 14.2 Å². The van der Waals surface area contributed by atoms with Gasteiger partial charge >= 0.3 is 17.9 Å². The lowest BCUT2D eigenvalue weighted by Gasteiger charge is -2.18. The highest BCUT2D eigenvalue weighted by molar-refractivity contribution is 5.71. The number of allylic oxidation sites excluding steroid dienone is 14. The van der Waals surface area contributed by atoms with Crippen LogP contribution >= 0.6 is 0 Å². The van der Waals surface area contributed by atoms with E-state index in [1.54, 1.807) is 0 Å². The fourth-order valence-electron chi connectivity index (χ4n) is 8.63. The molecule has 0 saturated carbocycles. The Balaban J connectivity index is 4.34. The average Bonchev–Trinajstić information content (AvgIpc) is 3.38. The van der Waals surface area contributed by atoms with Crippen LogP contribution in [0.5, 0.6) is 0 Å². The van der Waals surface area contributed by atoms with E-state index < -0.39 is 6.10 Å². The highest BCUT2D eigenvalue weighted by Crippen LogP contribution is 2.17. The van der Waals surface area contributed by atoms with Gasteiger partial charge in [0.2, 0.25) is 0 Å². The SMILES string of the molecule is CC/C=C\C/C=C\C/C=C\C/C=C\CCCCCCCCCCCCC(=O)OCC(COC(=O)CCCCC/C=C\C/C=C\C/C=C\CC)OC(=O)CCCCCCCCCCCCCCCCCCCC. The van der Waals surface area contributed by atoms with E-state index in [9.17, 15) is 14.4 Å². The quantitative estimate of drug-likeness (QED) is 0.0261. The van der Waals surface area contributed by atoms with Crippen LogP contribution in [0.25, 0.3) is 0 Å². The molecule has 414 valence electrons. The number of hydrogen-bond acceptors (Lipinski definition) is 6. The lowest BCUT2D eigenvalue weighted by molar-refractivity contribution is -0.167. The van der Waals surface area contributed by atoms with Gasteiger partial charge in [0.25, 0.3) is 0 Å². The maximum absolute atomic E-state index is 12.9. The van der Waals surface area contributed by atoms with Gasteiger partial charge in [0, 0.05) is 19.3 Å². The summed E-state index contributed by atoms with van der Waals surface area (Å²) in [5.74, 6) is -0.908. The average molecular weight is 1000 g/mol. The van der Waals surface area contributed by atoms with Gasteiger partial charge in [0.1, 0.15) is 13.2 Å². The van der Waals surface area contributed by atoms with Crippen molar-refractivity contribution in [1.82, 2.24) is 0 Å². The standard InChI is InChI=1S/C66H114O6/c1-4-7-10-13-16-19-22-25-27-29-31-32-33-34-35-37-38-41-44-47-50-53-56-59-65(68)71-62-63(61-70-64(67)58-55-52-49-46-43-40-24-21-18-15-12-9-6-3)72-66(69)60-57-54-51-48-45-42-39-36-30-28-26-23-20-17-14-11-8-5-2/h7,9-10,12,16,18-19,21,25,27,31-32,40,43,63H,4-6,8,11,13-15,17,20,22-24,26,28-30,33-39,41-42,44-62H2,1-3H3/b10-7-,12-9-,19-16-,21-18-,27-25-,32-31-,43-40-. The zero-order chi connectivity index (χ0) is 52.2. The van der Waals surface area contributed by atoms with Crippen molar-refractivity contribution in [1.29, 1.82) is 0 Å². The van der Waals surface area contributed by atoms with Gasteiger partial charge in [-0.25, -0.2) is 0 Å². The molecule has 0 aromatic carbocycles. The van der Waals surface area contributed by atoms with E-state index in [0.29, 0.717) is 19.3 Å². The highest BCUT2D eigenvalue weighted by Gasteiger charge is 2.19. The molecule has 0 fully saturated rings. The van der Waals surface area contributed by atoms with E-state index in [1.807, 2.05) is 0 Å². The van der Waals surface area contributed by atoms with Crippen LogP contribution in [-0.2, 0) is 28.6 Å². The zero-order valence-corrected chi connectivity index (χ0v) is 47.4. The first-order valence-corrected chi connectivity index (χ1v) is 30.6. The Morgan fingerprint density at radius 1 is 0.292 bits per heavy atom. The van der Waals surface area contributed by atoms with E-state index >= 15 is 0 Å². The molecule has 0 aromatic heterocycles. The molecule has 0 amide bonds. The molecule has 1 atom stereocenters. The van der Waals surface area contributed by atoms with Crippen LogP contribution in [0.3, 0.4) is 0 Å². The van der Waals surface area contributed by atoms with E-state index in [1.165, 1.54) is 148 Å². The molecule has 0 bridgehead atoms. The summed E-state index contributed by atoms with van der Waals surface area (Å²) in [6.07, 6.45) is 78.7. The Labute approximate surface area is 445 Å². The Morgan fingerprint density at radius 3 is 0.861 bits per heavy atom. The van der Waals surface area contributed by atoms with Crippen LogP contribution in [0.1, 0.15) is 297 Å². The molecule has 0 spiro atoms. The summed E-state index contributed by atoms with van der Waals surface area (Å²) in [7, 11) is 0. The molecule has 1 unspecified atom stereocenters. The highest BCUT2D eigenvalue weighted by atomic mass is 16.6. The third-order valence-corrected chi connectivity index (χ3v) is 13.1. The van der Waals surface area contributed by atoms with Crippen LogP contribution in [-0.4, -0.2) is 37.2 Å². The largest absolute Gasteiger partial charge is 0.462 e. The van der Waals surface area contributed by atoms with E-state index in [2.05, 4.69) is 106 Å². The summed E-state index contributed by atoms with van der Waals surface area (Å²) in [5.41, 5.74) is 0. The first-order chi connectivity index (χ1) is 35.5. The van der Waals surface area contributed by atoms with Crippen molar-refractivity contribution >= 4 is 17.9 Å². The van der Waals surface area contributed by atoms with Crippen molar-refractivity contribution in [3.05, 3.63) is 85.1 Å². The van der Waals surface area contributed by atoms with Crippen LogP contribution in [0, 0.1) is 0 Å². The minimum atomic E-state index is -0.789.